The lowest BCUT2D eigenvalue weighted by atomic mass is 10.2. The van der Waals surface area contributed by atoms with E-state index in [1.807, 2.05) is 0 Å². The molecule has 0 saturated carbocycles. The fourth-order valence-corrected chi connectivity index (χ4v) is 0.834. The summed E-state index contributed by atoms with van der Waals surface area (Å²) in [7, 11) is 0. The molecule has 5 nitrogen and oxygen atoms in total. The molecule has 0 aliphatic heterocycles. The largest absolute Gasteiger partial charge is 0.462 e. The SMILES string of the molecule is C=CC(=O)OCCCOC(=O)C(=C)CCN. The standard InChI is InChI=1S/C11H17NO4/c1-3-10(13)15-7-4-8-16-11(14)9(2)5-6-12/h3H,1-2,4-8,12H2. The molecule has 0 aliphatic rings. The molecular formula is C11H17NO4. The number of ether oxygens (including phenoxy) is 2. The number of hydrogen-bond acceptors (Lipinski definition) is 5. The van der Waals surface area contributed by atoms with Gasteiger partial charge in [0.15, 0.2) is 0 Å². The molecule has 5 heteroatoms. The van der Waals surface area contributed by atoms with Crippen molar-refractivity contribution in [2.45, 2.75) is 12.8 Å². The molecule has 0 amide bonds. The first-order valence-corrected chi connectivity index (χ1v) is 4.96. The van der Waals surface area contributed by atoms with Gasteiger partial charge in [-0.2, -0.15) is 0 Å². The number of carbonyl (C=O) groups is 2. The van der Waals surface area contributed by atoms with Gasteiger partial charge in [0.2, 0.25) is 0 Å². The van der Waals surface area contributed by atoms with Crippen LogP contribution >= 0.6 is 0 Å². The van der Waals surface area contributed by atoms with Gasteiger partial charge in [0.1, 0.15) is 0 Å². The highest BCUT2D eigenvalue weighted by atomic mass is 16.5. The van der Waals surface area contributed by atoms with Crippen LogP contribution in [0, 0.1) is 0 Å². The highest BCUT2D eigenvalue weighted by molar-refractivity contribution is 5.87. The summed E-state index contributed by atoms with van der Waals surface area (Å²) in [4.78, 5) is 21.8. The molecule has 0 bridgehead atoms. The van der Waals surface area contributed by atoms with Crippen molar-refractivity contribution in [3.8, 4) is 0 Å². The van der Waals surface area contributed by atoms with E-state index in [4.69, 9.17) is 15.2 Å². The summed E-state index contributed by atoms with van der Waals surface area (Å²) >= 11 is 0. The van der Waals surface area contributed by atoms with Crippen LogP contribution in [-0.4, -0.2) is 31.7 Å². The molecule has 0 unspecified atom stereocenters. The quantitative estimate of drug-likeness (QED) is 0.372. The summed E-state index contributed by atoms with van der Waals surface area (Å²) in [5.74, 6) is -0.945. The Balaban J connectivity index is 3.51. The average Bonchev–Trinajstić information content (AvgIpc) is 2.28. The van der Waals surface area contributed by atoms with Gasteiger partial charge in [-0.05, 0) is 13.0 Å². The van der Waals surface area contributed by atoms with E-state index in [1.165, 1.54) is 0 Å². The predicted octanol–water partition coefficient (Wildman–Crippen LogP) is 0.554. The Morgan fingerprint density at radius 1 is 1.25 bits per heavy atom. The first kappa shape index (κ1) is 14.4. The van der Waals surface area contributed by atoms with E-state index in [1.54, 1.807) is 0 Å². The van der Waals surface area contributed by atoms with E-state index in [9.17, 15) is 9.59 Å². The van der Waals surface area contributed by atoms with Gasteiger partial charge in [-0.1, -0.05) is 13.2 Å². The summed E-state index contributed by atoms with van der Waals surface area (Å²) in [6.07, 6.45) is 1.95. The van der Waals surface area contributed by atoms with Crippen molar-refractivity contribution in [3.05, 3.63) is 24.8 Å². The van der Waals surface area contributed by atoms with Gasteiger partial charge in [-0.25, -0.2) is 9.59 Å². The average molecular weight is 227 g/mol. The molecule has 0 aromatic rings. The minimum atomic E-state index is -0.487. The lowest BCUT2D eigenvalue weighted by Crippen LogP contribution is -2.13. The van der Waals surface area contributed by atoms with Crippen LogP contribution < -0.4 is 5.73 Å². The number of nitrogens with two attached hydrogens (primary N) is 1. The molecule has 0 aliphatic carbocycles. The van der Waals surface area contributed by atoms with Crippen LogP contribution in [0.5, 0.6) is 0 Å². The van der Waals surface area contributed by atoms with Gasteiger partial charge in [0.05, 0.1) is 13.2 Å². The van der Waals surface area contributed by atoms with Gasteiger partial charge in [0, 0.05) is 18.1 Å². The number of hydrogen-bond donors (Lipinski definition) is 1. The third-order valence-electron chi connectivity index (χ3n) is 1.67. The van der Waals surface area contributed by atoms with E-state index in [2.05, 4.69) is 13.2 Å². The molecule has 2 N–H and O–H groups in total. The van der Waals surface area contributed by atoms with E-state index in [-0.39, 0.29) is 13.2 Å². The lowest BCUT2D eigenvalue weighted by molar-refractivity contribution is -0.140. The number of rotatable bonds is 8. The maximum absolute atomic E-state index is 11.2. The van der Waals surface area contributed by atoms with Crippen molar-refractivity contribution in [2.75, 3.05) is 19.8 Å². The highest BCUT2D eigenvalue weighted by Crippen LogP contribution is 1.99. The van der Waals surface area contributed by atoms with Crippen molar-refractivity contribution >= 4 is 11.9 Å². The second kappa shape index (κ2) is 8.67. The lowest BCUT2D eigenvalue weighted by Gasteiger charge is -2.06. The van der Waals surface area contributed by atoms with E-state index >= 15 is 0 Å². The zero-order chi connectivity index (χ0) is 12.4. The Morgan fingerprint density at radius 2 is 1.88 bits per heavy atom. The minimum Gasteiger partial charge on any atom is -0.462 e. The fraction of sp³-hybridized carbons (Fsp3) is 0.455. The van der Waals surface area contributed by atoms with E-state index in [0.717, 1.165) is 6.08 Å². The Bertz CT molecular complexity index is 273. The molecular weight excluding hydrogens is 210 g/mol. The Labute approximate surface area is 94.9 Å². The third-order valence-corrected chi connectivity index (χ3v) is 1.67. The van der Waals surface area contributed by atoms with Crippen LogP contribution in [0.3, 0.4) is 0 Å². The maximum Gasteiger partial charge on any atom is 0.333 e. The number of carbonyl (C=O) groups excluding carboxylic acids is 2. The molecule has 0 aromatic heterocycles. The summed E-state index contributed by atoms with van der Waals surface area (Å²) in [6.45, 7) is 7.53. The third kappa shape index (κ3) is 6.78. The smallest absolute Gasteiger partial charge is 0.333 e. The maximum atomic E-state index is 11.2. The van der Waals surface area contributed by atoms with E-state index in [0.29, 0.717) is 25.0 Å². The van der Waals surface area contributed by atoms with Crippen LogP contribution in [0.4, 0.5) is 0 Å². The zero-order valence-corrected chi connectivity index (χ0v) is 9.24. The van der Waals surface area contributed by atoms with Crippen LogP contribution in [0.1, 0.15) is 12.8 Å². The summed E-state index contributed by atoms with van der Waals surface area (Å²) in [6, 6.07) is 0. The van der Waals surface area contributed by atoms with Crippen LogP contribution in [0.2, 0.25) is 0 Å². The van der Waals surface area contributed by atoms with Crippen molar-refractivity contribution in [1.29, 1.82) is 0 Å². The monoisotopic (exact) mass is 227 g/mol. The van der Waals surface area contributed by atoms with Crippen molar-refractivity contribution < 1.29 is 19.1 Å². The predicted molar refractivity (Wildman–Crippen MR) is 59.5 cm³/mol. The summed E-state index contributed by atoms with van der Waals surface area (Å²) < 4.78 is 9.55. The van der Waals surface area contributed by atoms with Gasteiger partial charge < -0.3 is 15.2 Å². The topological polar surface area (TPSA) is 78.6 Å². The van der Waals surface area contributed by atoms with Gasteiger partial charge >= 0.3 is 11.9 Å². The Hall–Kier alpha value is -1.62. The minimum absolute atomic E-state index is 0.187. The fourth-order valence-electron chi connectivity index (χ4n) is 0.834. The van der Waals surface area contributed by atoms with Crippen LogP contribution in [0.25, 0.3) is 0 Å². The molecule has 0 atom stereocenters. The van der Waals surface area contributed by atoms with E-state index < -0.39 is 11.9 Å². The van der Waals surface area contributed by atoms with Gasteiger partial charge in [0.25, 0.3) is 0 Å². The van der Waals surface area contributed by atoms with Crippen molar-refractivity contribution in [2.24, 2.45) is 5.73 Å². The van der Waals surface area contributed by atoms with Crippen molar-refractivity contribution in [3.63, 3.8) is 0 Å². The molecule has 0 saturated heterocycles. The molecule has 0 radical (unpaired) electrons. The summed E-state index contributed by atoms with van der Waals surface area (Å²) in [5, 5.41) is 0. The van der Waals surface area contributed by atoms with Gasteiger partial charge in [-0.3, -0.25) is 0 Å². The second-order valence-corrected chi connectivity index (χ2v) is 3.00. The Kier molecular flexibility index (Phi) is 7.79. The Morgan fingerprint density at radius 3 is 2.44 bits per heavy atom. The van der Waals surface area contributed by atoms with Crippen LogP contribution in [-0.2, 0) is 19.1 Å². The molecule has 16 heavy (non-hydrogen) atoms. The zero-order valence-electron chi connectivity index (χ0n) is 9.24. The molecule has 0 fully saturated rings. The molecule has 0 aromatic carbocycles. The summed E-state index contributed by atoms with van der Waals surface area (Å²) in [5.41, 5.74) is 5.61. The van der Waals surface area contributed by atoms with Crippen LogP contribution in [0.15, 0.2) is 24.8 Å². The molecule has 0 rings (SSSR count). The highest BCUT2D eigenvalue weighted by Gasteiger charge is 2.06. The first-order chi connectivity index (χ1) is 7.61. The molecule has 0 spiro atoms. The second-order valence-electron chi connectivity index (χ2n) is 3.00. The van der Waals surface area contributed by atoms with Gasteiger partial charge in [-0.15, -0.1) is 0 Å². The number of esters is 2. The first-order valence-electron chi connectivity index (χ1n) is 4.96. The van der Waals surface area contributed by atoms with Crippen molar-refractivity contribution in [1.82, 2.24) is 0 Å². The molecule has 0 heterocycles. The normalized spacial score (nSPS) is 9.31. The molecule has 90 valence electrons.